The van der Waals surface area contributed by atoms with Crippen LogP contribution in [-0.2, 0) is 0 Å². The molecule has 1 fully saturated rings. The number of nitrogens with zero attached hydrogens (tertiary/aromatic N) is 1. The highest BCUT2D eigenvalue weighted by molar-refractivity contribution is 5.50. The van der Waals surface area contributed by atoms with Crippen LogP contribution in [0.1, 0.15) is 31.9 Å². The number of rotatable bonds is 2. The van der Waals surface area contributed by atoms with Gasteiger partial charge in [0, 0.05) is 19.1 Å². The Balaban J connectivity index is 2.19. The first-order valence-electron chi connectivity index (χ1n) is 6.47. The molecule has 1 aromatic rings. The maximum Gasteiger partial charge on any atom is 0.146 e. The molecule has 1 saturated heterocycles. The number of β-amino-alcohol motifs (C(OH)–C–C–N with tert-alkyl or cyclic N) is 1. The van der Waals surface area contributed by atoms with E-state index in [1.54, 1.807) is 6.07 Å². The molecule has 4 heteroatoms. The topological polar surface area (TPSA) is 49.5 Å². The Kier molecular flexibility index (Phi) is 3.88. The molecule has 0 saturated carbocycles. The molecule has 1 aliphatic heterocycles. The maximum atomic E-state index is 14.0. The van der Waals surface area contributed by atoms with Crippen molar-refractivity contribution in [3.63, 3.8) is 0 Å². The number of halogens is 1. The first-order valence-corrected chi connectivity index (χ1v) is 6.47. The molecule has 0 spiro atoms. The molecule has 18 heavy (non-hydrogen) atoms. The van der Waals surface area contributed by atoms with Gasteiger partial charge in [-0.1, -0.05) is 13.0 Å². The molecule has 2 rings (SSSR count). The number of benzene rings is 1. The van der Waals surface area contributed by atoms with Gasteiger partial charge in [-0.3, -0.25) is 0 Å². The zero-order valence-electron chi connectivity index (χ0n) is 10.9. The van der Waals surface area contributed by atoms with Crippen molar-refractivity contribution in [2.24, 2.45) is 11.7 Å². The smallest absolute Gasteiger partial charge is 0.146 e. The minimum atomic E-state index is -0.383. The van der Waals surface area contributed by atoms with Gasteiger partial charge in [0.1, 0.15) is 5.82 Å². The molecule has 0 radical (unpaired) electrons. The number of hydrogen-bond acceptors (Lipinski definition) is 3. The van der Waals surface area contributed by atoms with E-state index in [9.17, 15) is 9.50 Å². The Morgan fingerprint density at radius 1 is 1.50 bits per heavy atom. The summed E-state index contributed by atoms with van der Waals surface area (Å²) in [6.45, 7) is 5.14. The number of hydrogen-bond donors (Lipinski definition) is 2. The Morgan fingerprint density at radius 2 is 2.22 bits per heavy atom. The highest BCUT2D eigenvalue weighted by Crippen LogP contribution is 2.27. The lowest BCUT2D eigenvalue weighted by Gasteiger charge is -2.36. The molecule has 3 N–H and O–H groups in total. The summed E-state index contributed by atoms with van der Waals surface area (Å²) in [6, 6.07) is 4.94. The van der Waals surface area contributed by atoms with Crippen LogP contribution in [0.15, 0.2) is 18.2 Å². The van der Waals surface area contributed by atoms with Gasteiger partial charge in [0.05, 0.1) is 11.8 Å². The van der Waals surface area contributed by atoms with E-state index in [0.717, 1.165) is 18.5 Å². The first-order chi connectivity index (χ1) is 8.49. The predicted octanol–water partition coefficient (Wildman–Crippen LogP) is 2.05. The van der Waals surface area contributed by atoms with E-state index in [2.05, 4.69) is 0 Å². The van der Waals surface area contributed by atoms with Crippen LogP contribution in [0.5, 0.6) is 0 Å². The minimum absolute atomic E-state index is 0.166. The number of piperidine rings is 1. The maximum absolute atomic E-state index is 14.0. The third-order valence-electron chi connectivity index (χ3n) is 3.76. The van der Waals surface area contributed by atoms with Gasteiger partial charge in [-0.2, -0.15) is 0 Å². The fourth-order valence-corrected chi connectivity index (χ4v) is 2.33. The summed E-state index contributed by atoms with van der Waals surface area (Å²) in [7, 11) is 0. The second-order valence-electron chi connectivity index (χ2n) is 5.28. The van der Waals surface area contributed by atoms with Gasteiger partial charge >= 0.3 is 0 Å². The van der Waals surface area contributed by atoms with Crippen molar-refractivity contribution >= 4 is 5.69 Å². The molecule has 3 atom stereocenters. The van der Waals surface area contributed by atoms with Crippen LogP contribution in [0.25, 0.3) is 0 Å². The summed E-state index contributed by atoms with van der Waals surface area (Å²) in [6.07, 6.45) is 0.501. The van der Waals surface area contributed by atoms with Crippen LogP contribution >= 0.6 is 0 Å². The third-order valence-corrected chi connectivity index (χ3v) is 3.76. The summed E-state index contributed by atoms with van der Waals surface area (Å²) in [5.41, 5.74) is 7.09. The van der Waals surface area contributed by atoms with Crippen LogP contribution in [-0.4, -0.2) is 24.3 Å². The highest BCUT2D eigenvalue weighted by atomic mass is 19.1. The van der Waals surface area contributed by atoms with Crippen molar-refractivity contribution in [3.8, 4) is 0 Å². The average molecular weight is 252 g/mol. The zero-order valence-corrected chi connectivity index (χ0v) is 10.9. The fourth-order valence-electron chi connectivity index (χ4n) is 2.33. The SMILES string of the molecule is CC1CCN(c2ccc([C@@H](C)N)cc2F)CC1O. The largest absolute Gasteiger partial charge is 0.391 e. The molecule has 0 amide bonds. The van der Waals surface area contributed by atoms with Crippen molar-refractivity contribution < 1.29 is 9.50 Å². The van der Waals surface area contributed by atoms with Crippen molar-refractivity contribution in [2.75, 3.05) is 18.0 Å². The van der Waals surface area contributed by atoms with Crippen LogP contribution in [0.4, 0.5) is 10.1 Å². The highest BCUT2D eigenvalue weighted by Gasteiger charge is 2.25. The molecular formula is C14H21FN2O. The van der Waals surface area contributed by atoms with E-state index in [-0.39, 0.29) is 23.9 Å². The first kappa shape index (κ1) is 13.3. The molecule has 0 bridgehead atoms. The number of anilines is 1. The Hall–Kier alpha value is -1.13. The van der Waals surface area contributed by atoms with Gasteiger partial charge < -0.3 is 15.7 Å². The molecule has 100 valence electrons. The van der Waals surface area contributed by atoms with Gasteiger partial charge in [-0.15, -0.1) is 0 Å². The summed E-state index contributed by atoms with van der Waals surface area (Å²) >= 11 is 0. The van der Waals surface area contributed by atoms with Crippen LogP contribution in [0.3, 0.4) is 0 Å². The van der Waals surface area contributed by atoms with Crippen molar-refractivity contribution in [1.82, 2.24) is 0 Å². The zero-order chi connectivity index (χ0) is 13.3. The molecule has 0 aliphatic carbocycles. The van der Waals surface area contributed by atoms with Crippen LogP contribution < -0.4 is 10.6 Å². The standard InChI is InChI=1S/C14H21FN2O/c1-9-5-6-17(8-14(9)18)13-4-3-11(10(2)16)7-12(13)15/h3-4,7,9-10,14,18H,5-6,8,16H2,1-2H3/t9?,10-,14?/m1/s1. The van der Waals surface area contributed by atoms with E-state index >= 15 is 0 Å². The second-order valence-corrected chi connectivity index (χ2v) is 5.28. The summed E-state index contributed by atoms with van der Waals surface area (Å²) in [4.78, 5) is 1.91. The van der Waals surface area contributed by atoms with E-state index in [1.165, 1.54) is 6.07 Å². The molecular weight excluding hydrogens is 231 g/mol. The number of nitrogens with two attached hydrogens (primary N) is 1. The summed E-state index contributed by atoms with van der Waals surface area (Å²) in [5.74, 6) is 0.0270. The molecule has 3 nitrogen and oxygen atoms in total. The molecule has 2 unspecified atom stereocenters. The normalized spacial score (nSPS) is 26.2. The minimum Gasteiger partial charge on any atom is -0.391 e. The van der Waals surface area contributed by atoms with E-state index in [0.29, 0.717) is 12.2 Å². The van der Waals surface area contributed by atoms with E-state index in [1.807, 2.05) is 24.8 Å². The lowest BCUT2D eigenvalue weighted by Crippen LogP contribution is -2.43. The van der Waals surface area contributed by atoms with Gasteiger partial charge in [-0.05, 0) is 37.0 Å². The molecule has 1 aromatic carbocycles. The third kappa shape index (κ3) is 2.65. The fraction of sp³-hybridized carbons (Fsp3) is 0.571. The number of aliphatic hydroxyl groups excluding tert-OH is 1. The van der Waals surface area contributed by atoms with Gasteiger partial charge in [0.25, 0.3) is 0 Å². The van der Waals surface area contributed by atoms with Crippen LogP contribution in [0.2, 0.25) is 0 Å². The van der Waals surface area contributed by atoms with E-state index in [4.69, 9.17) is 5.73 Å². The van der Waals surface area contributed by atoms with Gasteiger partial charge in [0.2, 0.25) is 0 Å². The summed E-state index contributed by atoms with van der Waals surface area (Å²) in [5, 5.41) is 9.86. The van der Waals surface area contributed by atoms with Gasteiger partial charge in [0.15, 0.2) is 0 Å². The summed E-state index contributed by atoms with van der Waals surface area (Å²) < 4.78 is 14.0. The van der Waals surface area contributed by atoms with Crippen molar-refractivity contribution in [1.29, 1.82) is 0 Å². The lowest BCUT2D eigenvalue weighted by molar-refractivity contribution is 0.102. The van der Waals surface area contributed by atoms with Crippen molar-refractivity contribution in [3.05, 3.63) is 29.6 Å². The predicted molar refractivity (Wildman–Crippen MR) is 71.0 cm³/mol. The quantitative estimate of drug-likeness (QED) is 0.847. The molecule has 1 aliphatic rings. The Bertz CT molecular complexity index is 422. The lowest BCUT2D eigenvalue weighted by atomic mass is 9.95. The number of aliphatic hydroxyl groups is 1. The Labute approximate surface area is 107 Å². The van der Waals surface area contributed by atoms with Crippen LogP contribution in [0, 0.1) is 11.7 Å². The second kappa shape index (κ2) is 5.24. The average Bonchev–Trinajstić information content (AvgIpc) is 2.32. The van der Waals surface area contributed by atoms with Gasteiger partial charge in [-0.25, -0.2) is 4.39 Å². The monoisotopic (exact) mass is 252 g/mol. The molecule has 1 heterocycles. The Morgan fingerprint density at radius 3 is 2.78 bits per heavy atom. The van der Waals surface area contributed by atoms with E-state index < -0.39 is 0 Å². The van der Waals surface area contributed by atoms with Crippen molar-refractivity contribution in [2.45, 2.75) is 32.4 Å². The molecule has 0 aromatic heterocycles.